The van der Waals surface area contributed by atoms with E-state index >= 15 is 0 Å². The Morgan fingerprint density at radius 3 is 2.22 bits per heavy atom. The van der Waals surface area contributed by atoms with E-state index in [0.717, 1.165) is 16.6 Å². The highest BCUT2D eigenvalue weighted by molar-refractivity contribution is 9.10. The summed E-state index contributed by atoms with van der Waals surface area (Å²) in [6, 6.07) is 6.72. The summed E-state index contributed by atoms with van der Waals surface area (Å²) in [5, 5.41) is 2.72. The van der Waals surface area contributed by atoms with Crippen LogP contribution in [0.4, 0.5) is 30.2 Å². The second kappa shape index (κ2) is 4.89. The zero-order valence-electron chi connectivity index (χ0n) is 8.98. The predicted molar refractivity (Wildman–Crippen MR) is 68.2 cm³/mol. The SMILES string of the molecule is Nc1ccc(Br)cc1Nc1cc(F)c(F)c(F)c1. The lowest BCUT2D eigenvalue weighted by Crippen LogP contribution is -1.99. The number of hydrogen-bond acceptors (Lipinski definition) is 2. The quantitative estimate of drug-likeness (QED) is 0.644. The number of nitrogen functional groups attached to an aromatic ring is 1. The Morgan fingerprint density at radius 2 is 1.61 bits per heavy atom. The van der Waals surface area contributed by atoms with Crippen LogP contribution in [0.2, 0.25) is 0 Å². The van der Waals surface area contributed by atoms with Crippen molar-refractivity contribution in [2.75, 3.05) is 11.1 Å². The second-order valence-electron chi connectivity index (χ2n) is 3.61. The minimum atomic E-state index is -1.50. The molecule has 0 aromatic heterocycles. The maximum absolute atomic E-state index is 13.0. The lowest BCUT2D eigenvalue weighted by molar-refractivity contribution is 0.448. The van der Waals surface area contributed by atoms with Gasteiger partial charge in [-0.05, 0) is 18.2 Å². The Labute approximate surface area is 110 Å². The smallest absolute Gasteiger partial charge is 0.194 e. The van der Waals surface area contributed by atoms with Gasteiger partial charge in [-0.2, -0.15) is 0 Å². The summed E-state index contributed by atoms with van der Waals surface area (Å²) in [6.07, 6.45) is 0. The summed E-state index contributed by atoms with van der Waals surface area (Å²) in [5.74, 6) is -4.01. The Bertz CT molecular complexity index is 579. The van der Waals surface area contributed by atoms with Crippen molar-refractivity contribution >= 4 is 33.0 Å². The minimum Gasteiger partial charge on any atom is -0.397 e. The van der Waals surface area contributed by atoms with Crippen LogP contribution >= 0.6 is 15.9 Å². The van der Waals surface area contributed by atoms with Crippen LogP contribution in [-0.4, -0.2) is 0 Å². The van der Waals surface area contributed by atoms with Gasteiger partial charge >= 0.3 is 0 Å². The molecule has 0 saturated heterocycles. The van der Waals surface area contributed by atoms with E-state index in [1.54, 1.807) is 18.2 Å². The van der Waals surface area contributed by atoms with Crippen LogP contribution in [0.3, 0.4) is 0 Å². The molecule has 6 heteroatoms. The van der Waals surface area contributed by atoms with E-state index in [4.69, 9.17) is 5.73 Å². The molecule has 3 N–H and O–H groups in total. The lowest BCUT2D eigenvalue weighted by atomic mass is 10.2. The van der Waals surface area contributed by atoms with Crippen LogP contribution in [0.5, 0.6) is 0 Å². The van der Waals surface area contributed by atoms with Gasteiger partial charge in [-0.3, -0.25) is 0 Å². The van der Waals surface area contributed by atoms with Gasteiger partial charge in [0.15, 0.2) is 17.5 Å². The first-order chi connectivity index (χ1) is 8.47. The first-order valence-electron chi connectivity index (χ1n) is 4.94. The van der Waals surface area contributed by atoms with Crippen molar-refractivity contribution in [2.45, 2.75) is 0 Å². The Kier molecular flexibility index (Phi) is 3.47. The van der Waals surface area contributed by atoms with Crippen LogP contribution in [0.15, 0.2) is 34.8 Å². The standard InChI is InChI=1S/C12H8BrF3N2/c13-6-1-2-10(17)11(3-6)18-7-4-8(14)12(16)9(15)5-7/h1-5,18H,17H2. The molecule has 0 aliphatic heterocycles. The van der Waals surface area contributed by atoms with Gasteiger partial charge in [0.2, 0.25) is 0 Å². The number of benzene rings is 2. The molecule has 2 nitrogen and oxygen atoms in total. The topological polar surface area (TPSA) is 38.0 Å². The predicted octanol–water partition coefficient (Wildman–Crippen LogP) is 4.19. The van der Waals surface area contributed by atoms with E-state index in [1.165, 1.54) is 0 Å². The molecule has 0 radical (unpaired) electrons. The third kappa shape index (κ3) is 2.59. The number of nitrogens with two attached hydrogens (primary N) is 1. The summed E-state index contributed by atoms with van der Waals surface area (Å²) in [4.78, 5) is 0. The normalized spacial score (nSPS) is 10.4. The van der Waals surface area contributed by atoms with Crippen LogP contribution in [0, 0.1) is 17.5 Å². The molecule has 0 aliphatic rings. The number of hydrogen-bond donors (Lipinski definition) is 2. The fourth-order valence-electron chi connectivity index (χ4n) is 1.42. The molecule has 18 heavy (non-hydrogen) atoms. The van der Waals surface area contributed by atoms with Crippen LogP contribution in [0.25, 0.3) is 0 Å². The summed E-state index contributed by atoms with van der Waals surface area (Å²) in [5.41, 5.74) is 6.65. The van der Waals surface area contributed by atoms with Crippen molar-refractivity contribution in [3.8, 4) is 0 Å². The van der Waals surface area contributed by atoms with Crippen molar-refractivity contribution in [1.29, 1.82) is 0 Å². The molecule has 2 aromatic rings. The number of nitrogens with one attached hydrogen (secondary N) is 1. The molecule has 94 valence electrons. The molecule has 0 amide bonds. The molecule has 0 fully saturated rings. The molecule has 0 unspecified atom stereocenters. The molecule has 0 atom stereocenters. The fourth-order valence-corrected chi connectivity index (χ4v) is 1.78. The van der Waals surface area contributed by atoms with Gasteiger partial charge in [-0.1, -0.05) is 15.9 Å². The largest absolute Gasteiger partial charge is 0.397 e. The molecule has 0 saturated carbocycles. The van der Waals surface area contributed by atoms with Crippen molar-refractivity contribution < 1.29 is 13.2 Å². The molecule has 0 aliphatic carbocycles. The number of rotatable bonds is 2. The summed E-state index contributed by atoms with van der Waals surface area (Å²) in [6.45, 7) is 0. The molecule has 2 aromatic carbocycles. The summed E-state index contributed by atoms with van der Waals surface area (Å²) in [7, 11) is 0. The molecule has 0 heterocycles. The second-order valence-corrected chi connectivity index (χ2v) is 4.53. The molecular weight excluding hydrogens is 309 g/mol. The number of halogens is 4. The summed E-state index contributed by atoms with van der Waals surface area (Å²) < 4.78 is 39.6. The minimum absolute atomic E-state index is 0.0798. The maximum Gasteiger partial charge on any atom is 0.194 e. The monoisotopic (exact) mass is 316 g/mol. The third-order valence-electron chi connectivity index (χ3n) is 2.28. The first-order valence-corrected chi connectivity index (χ1v) is 5.73. The highest BCUT2D eigenvalue weighted by atomic mass is 79.9. The Morgan fingerprint density at radius 1 is 1.00 bits per heavy atom. The Balaban J connectivity index is 2.37. The van der Waals surface area contributed by atoms with Gasteiger partial charge in [0.05, 0.1) is 11.4 Å². The van der Waals surface area contributed by atoms with Crippen LogP contribution < -0.4 is 11.1 Å². The highest BCUT2D eigenvalue weighted by Gasteiger charge is 2.11. The van der Waals surface area contributed by atoms with E-state index < -0.39 is 17.5 Å². The van der Waals surface area contributed by atoms with Gasteiger partial charge in [0, 0.05) is 22.3 Å². The molecule has 0 bridgehead atoms. The highest BCUT2D eigenvalue weighted by Crippen LogP contribution is 2.28. The van der Waals surface area contributed by atoms with Gasteiger partial charge in [-0.25, -0.2) is 13.2 Å². The average Bonchev–Trinajstić information content (AvgIpc) is 2.31. The van der Waals surface area contributed by atoms with Crippen LogP contribution in [0.1, 0.15) is 0 Å². The van der Waals surface area contributed by atoms with E-state index in [1.807, 2.05) is 0 Å². The molecular formula is C12H8BrF3N2. The maximum atomic E-state index is 13.0. The third-order valence-corrected chi connectivity index (χ3v) is 2.77. The zero-order chi connectivity index (χ0) is 13.3. The van der Waals surface area contributed by atoms with Gasteiger partial charge in [-0.15, -0.1) is 0 Å². The van der Waals surface area contributed by atoms with E-state index in [-0.39, 0.29) is 5.69 Å². The van der Waals surface area contributed by atoms with Crippen LogP contribution in [-0.2, 0) is 0 Å². The number of anilines is 3. The zero-order valence-corrected chi connectivity index (χ0v) is 10.6. The van der Waals surface area contributed by atoms with E-state index in [0.29, 0.717) is 11.4 Å². The van der Waals surface area contributed by atoms with Gasteiger partial charge in [0.1, 0.15) is 0 Å². The van der Waals surface area contributed by atoms with Gasteiger partial charge in [0.25, 0.3) is 0 Å². The van der Waals surface area contributed by atoms with E-state index in [2.05, 4.69) is 21.2 Å². The van der Waals surface area contributed by atoms with Gasteiger partial charge < -0.3 is 11.1 Å². The first kappa shape index (κ1) is 12.8. The lowest BCUT2D eigenvalue weighted by Gasteiger charge is -2.10. The van der Waals surface area contributed by atoms with Crippen molar-refractivity contribution in [1.82, 2.24) is 0 Å². The fraction of sp³-hybridized carbons (Fsp3) is 0. The summed E-state index contributed by atoms with van der Waals surface area (Å²) >= 11 is 3.25. The Hall–Kier alpha value is -1.69. The van der Waals surface area contributed by atoms with Crippen molar-refractivity contribution in [3.63, 3.8) is 0 Å². The molecule has 2 rings (SSSR count). The van der Waals surface area contributed by atoms with E-state index in [9.17, 15) is 13.2 Å². The molecule has 0 spiro atoms. The van der Waals surface area contributed by atoms with Crippen molar-refractivity contribution in [3.05, 3.63) is 52.3 Å². The average molecular weight is 317 g/mol. The van der Waals surface area contributed by atoms with Crippen molar-refractivity contribution in [2.24, 2.45) is 0 Å².